The van der Waals surface area contributed by atoms with Gasteiger partial charge in [0.15, 0.2) is 6.29 Å². The van der Waals surface area contributed by atoms with Crippen molar-refractivity contribution >= 4 is 6.29 Å². The molecule has 1 N–H and O–H groups in total. The average molecular weight is 330 g/mol. The minimum absolute atomic E-state index is 0.195. The summed E-state index contributed by atoms with van der Waals surface area (Å²) < 4.78 is 0. The number of phenols is 1. The van der Waals surface area contributed by atoms with Gasteiger partial charge in [-0.15, -0.1) is 0 Å². The Hall–Kier alpha value is -2.87. The number of aldehydes is 1. The van der Waals surface area contributed by atoms with Gasteiger partial charge in [0, 0.05) is 11.1 Å². The van der Waals surface area contributed by atoms with E-state index < -0.39 is 0 Å². The molecule has 25 heavy (non-hydrogen) atoms. The van der Waals surface area contributed by atoms with Crippen molar-refractivity contribution < 1.29 is 9.90 Å². The van der Waals surface area contributed by atoms with Gasteiger partial charge in [-0.1, -0.05) is 65.7 Å². The lowest BCUT2D eigenvalue weighted by Gasteiger charge is -2.14. The first-order valence-electron chi connectivity index (χ1n) is 8.51. The molecule has 0 aliphatic carbocycles. The number of hydrogen-bond donors (Lipinski definition) is 1. The summed E-state index contributed by atoms with van der Waals surface area (Å²) in [6.45, 7) is 4.10. The quantitative estimate of drug-likeness (QED) is 0.647. The maximum Gasteiger partial charge on any atom is 0.150 e. The first-order valence-corrected chi connectivity index (χ1v) is 8.51. The molecule has 0 bridgehead atoms. The number of aryl methyl sites for hydroxylation is 4. The van der Waals surface area contributed by atoms with Gasteiger partial charge in [-0.2, -0.15) is 0 Å². The van der Waals surface area contributed by atoms with Crippen LogP contribution in [0.25, 0.3) is 11.1 Å². The summed E-state index contributed by atoms with van der Waals surface area (Å²) in [7, 11) is 0. The van der Waals surface area contributed by atoms with Gasteiger partial charge in [0.1, 0.15) is 5.75 Å². The van der Waals surface area contributed by atoms with Gasteiger partial charge < -0.3 is 5.11 Å². The number of aromatic hydroxyl groups is 1. The van der Waals surface area contributed by atoms with Crippen molar-refractivity contribution in [2.45, 2.75) is 26.7 Å². The Kier molecular flexibility index (Phi) is 4.99. The second-order valence-corrected chi connectivity index (χ2v) is 6.51. The third kappa shape index (κ3) is 3.80. The monoisotopic (exact) mass is 330 g/mol. The van der Waals surface area contributed by atoms with Gasteiger partial charge in [0.05, 0.1) is 0 Å². The second-order valence-electron chi connectivity index (χ2n) is 6.51. The first-order chi connectivity index (χ1) is 12.1. The van der Waals surface area contributed by atoms with Crippen LogP contribution in [0, 0.1) is 13.8 Å². The Morgan fingerprint density at radius 3 is 2.24 bits per heavy atom. The molecule has 0 heterocycles. The fraction of sp³-hybridized carbons (Fsp3) is 0.174. The van der Waals surface area contributed by atoms with Crippen molar-refractivity contribution in [3.63, 3.8) is 0 Å². The lowest BCUT2D eigenvalue weighted by Crippen LogP contribution is -2.00. The molecule has 2 heteroatoms. The maximum atomic E-state index is 11.8. The Morgan fingerprint density at radius 1 is 0.840 bits per heavy atom. The summed E-state index contributed by atoms with van der Waals surface area (Å²) in [5.74, 6) is 0.195. The Balaban J connectivity index is 1.98. The number of benzene rings is 3. The van der Waals surface area contributed by atoms with Crippen LogP contribution >= 0.6 is 0 Å². The number of hydrogen-bond acceptors (Lipinski definition) is 2. The fourth-order valence-corrected chi connectivity index (χ4v) is 3.18. The molecule has 0 atom stereocenters. The predicted molar refractivity (Wildman–Crippen MR) is 102 cm³/mol. The minimum atomic E-state index is 0.195. The van der Waals surface area contributed by atoms with Crippen LogP contribution in [-0.2, 0) is 12.8 Å². The molecule has 0 fully saturated rings. The molecule has 0 aliphatic rings. The highest BCUT2D eigenvalue weighted by atomic mass is 16.3. The molecule has 0 aliphatic heterocycles. The molecule has 0 unspecified atom stereocenters. The van der Waals surface area contributed by atoms with Crippen molar-refractivity contribution in [2.24, 2.45) is 0 Å². The number of para-hydroxylation sites is 1. The van der Waals surface area contributed by atoms with E-state index in [1.807, 2.05) is 25.1 Å². The van der Waals surface area contributed by atoms with E-state index in [1.54, 1.807) is 12.1 Å². The molecular weight excluding hydrogens is 308 g/mol. The van der Waals surface area contributed by atoms with Crippen LogP contribution in [0.4, 0.5) is 0 Å². The highest BCUT2D eigenvalue weighted by Gasteiger charge is 2.13. The third-order valence-electron chi connectivity index (χ3n) is 4.53. The van der Waals surface area contributed by atoms with E-state index in [-0.39, 0.29) is 5.75 Å². The molecule has 0 amide bonds. The van der Waals surface area contributed by atoms with Crippen molar-refractivity contribution in [1.82, 2.24) is 0 Å². The molecule has 3 rings (SSSR count). The Morgan fingerprint density at radius 2 is 1.56 bits per heavy atom. The van der Waals surface area contributed by atoms with Crippen LogP contribution < -0.4 is 0 Å². The molecule has 0 aromatic heterocycles. The van der Waals surface area contributed by atoms with Crippen LogP contribution in [0.2, 0.25) is 0 Å². The molecule has 3 aromatic carbocycles. The molecular formula is C23H22O2. The number of carbonyl (C=O) groups excluding carboxylic acids is 1. The van der Waals surface area contributed by atoms with Gasteiger partial charge in [-0.25, -0.2) is 0 Å². The van der Waals surface area contributed by atoms with E-state index in [2.05, 4.69) is 37.3 Å². The van der Waals surface area contributed by atoms with E-state index >= 15 is 0 Å². The Bertz CT molecular complexity index is 892. The third-order valence-corrected chi connectivity index (χ3v) is 4.53. The minimum Gasteiger partial charge on any atom is -0.507 e. The number of rotatable bonds is 5. The summed E-state index contributed by atoms with van der Waals surface area (Å²) in [5, 5.41) is 10.2. The zero-order valence-corrected chi connectivity index (χ0v) is 14.6. The molecule has 2 nitrogen and oxygen atoms in total. The normalized spacial score (nSPS) is 10.6. The van der Waals surface area contributed by atoms with Gasteiger partial charge in [-0.05, 0) is 49.4 Å². The maximum absolute atomic E-state index is 11.8. The SMILES string of the molecule is Cc1ccc(CCc2cc(C)cc(-c3ccccc3O)c2C=O)cc1. The Labute approximate surface area is 148 Å². The molecule has 0 saturated carbocycles. The van der Waals surface area contributed by atoms with E-state index in [1.165, 1.54) is 11.1 Å². The predicted octanol–water partition coefficient (Wildman–Crippen LogP) is 5.27. The van der Waals surface area contributed by atoms with Gasteiger partial charge in [0.2, 0.25) is 0 Å². The van der Waals surface area contributed by atoms with Crippen molar-refractivity contribution in [3.05, 3.63) is 88.5 Å². The zero-order chi connectivity index (χ0) is 17.8. The summed E-state index contributed by atoms with van der Waals surface area (Å²) in [6, 6.07) is 19.7. The van der Waals surface area contributed by atoms with Crippen LogP contribution in [-0.4, -0.2) is 11.4 Å². The van der Waals surface area contributed by atoms with Crippen LogP contribution in [0.5, 0.6) is 5.75 Å². The molecule has 0 spiro atoms. The summed E-state index contributed by atoms with van der Waals surface area (Å²) >= 11 is 0. The highest BCUT2D eigenvalue weighted by molar-refractivity contribution is 5.91. The van der Waals surface area contributed by atoms with Gasteiger partial charge in [-0.3, -0.25) is 4.79 Å². The summed E-state index contributed by atoms with van der Waals surface area (Å²) in [4.78, 5) is 11.8. The standard InChI is InChI=1S/C23H22O2/c1-16-7-9-18(10-8-16)11-12-19-13-17(2)14-21(22(19)15-24)20-5-3-4-6-23(20)25/h3-10,13-15,25H,11-12H2,1-2H3. The highest BCUT2D eigenvalue weighted by Crippen LogP contribution is 2.33. The lowest BCUT2D eigenvalue weighted by molar-refractivity contribution is 0.112. The number of phenolic OH excluding ortho intramolecular Hbond substituents is 1. The van der Waals surface area contributed by atoms with E-state index in [4.69, 9.17) is 0 Å². The fourth-order valence-electron chi connectivity index (χ4n) is 3.18. The number of carbonyl (C=O) groups is 1. The van der Waals surface area contributed by atoms with Crippen molar-refractivity contribution in [3.8, 4) is 16.9 Å². The van der Waals surface area contributed by atoms with Crippen molar-refractivity contribution in [2.75, 3.05) is 0 Å². The van der Waals surface area contributed by atoms with Crippen LogP contribution in [0.15, 0.2) is 60.7 Å². The largest absolute Gasteiger partial charge is 0.507 e. The van der Waals surface area contributed by atoms with Crippen molar-refractivity contribution in [1.29, 1.82) is 0 Å². The molecule has 0 radical (unpaired) electrons. The van der Waals surface area contributed by atoms with Gasteiger partial charge in [0.25, 0.3) is 0 Å². The zero-order valence-electron chi connectivity index (χ0n) is 14.6. The van der Waals surface area contributed by atoms with Crippen LogP contribution in [0.3, 0.4) is 0 Å². The van der Waals surface area contributed by atoms with Crippen LogP contribution in [0.1, 0.15) is 32.6 Å². The lowest BCUT2D eigenvalue weighted by atomic mass is 9.90. The smallest absolute Gasteiger partial charge is 0.150 e. The molecule has 126 valence electrons. The summed E-state index contributed by atoms with van der Waals surface area (Å²) in [6.07, 6.45) is 2.58. The van der Waals surface area contributed by atoms with Gasteiger partial charge >= 0.3 is 0 Å². The first kappa shape index (κ1) is 17.0. The average Bonchev–Trinajstić information content (AvgIpc) is 2.61. The second kappa shape index (κ2) is 7.35. The van der Waals surface area contributed by atoms with E-state index in [0.29, 0.717) is 11.1 Å². The van der Waals surface area contributed by atoms with E-state index in [0.717, 1.165) is 35.8 Å². The van der Waals surface area contributed by atoms with E-state index in [9.17, 15) is 9.90 Å². The topological polar surface area (TPSA) is 37.3 Å². The summed E-state index contributed by atoms with van der Waals surface area (Å²) in [5.41, 5.74) is 6.77. The molecule has 3 aromatic rings. The molecule has 0 saturated heterocycles.